The fraction of sp³-hybridized carbons (Fsp3) is 0.364. The molecule has 17 heavy (non-hydrogen) atoms. The first-order valence-electron chi connectivity index (χ1n) is 5.09. The molecule has 0 bridgehead atoms. The maximum absolute atomic E-state index is 10.5. The molecular formula is C11H11NO5. The fourth-order valence-electron chi connectivity index (χ4n) is 1.96. The van der Waals surface area contributed by atoms with E-state index in [2.05, 4.69) is 0 Å². The summed E-state index contributed by atoms with van der Waals surface area (Å²) in [6.07, 6.45) is -0.686. The highest BCUT2D eigenvalue weighted by Crippen LogP contribution is 2.54. The van der Waals surface area contributed by atoms with Crippen LogP contribution in [0.3, 0.4) is 0 Å². The van der Waals surface area contributed by atoms with Crippen LogP contribution < -0.4 is 0 Å². The van der Waals surface area contributed by atoms with Gasteiger partial charge >= 0.3 is 6.16 Å². The first-order valence-corrected chi connectivity index (χ1v) is 5.09. The summed E-state index contributed by atoms with van der Waals surface area (Å²) >= 11 is 0. The number of carbonyl (C=O) groups is 1. The maximum atomic E-state index is 10.5. The molecule has 6 nitrogen and oxygen atoms in total. The van der Waals surface area contributed by atoms with Gasteiger partial charge in [0.15, 0.2) is 0 Å². The van der Waals surface area contributed by atoms with Crippen molar-refractivity contribution in [1.82, 2.24) is 0 Å². The van der Waals surface area contributed by atoms with Crippen molar-refractivity contribution < 1.29 is 19.6 Å². The molecule has 2 unspecified atom stereocenters. The standard InChI is InChI=1S/C11H11NO5/c1-11(17-10(13)14)6-9(11)7-2-4-8(5-3-7)12(15)16/h2-5,9H,6H2,1H3,(H,13,14). The fourth-order valence-corrected chi connectivity index (χ4v) is 1.96. The van der Waals surface area contributed by atoms with E-state index in [0.29, 0.717) is 6.42 Å². The van der Waals surface area contributed by atoms with Crippen LogP contribution in [0.4, 0.5) is 10.5 Å². The van der Waals surface area contributed by atoms with Crippen LogP contribution in [0.5, 0.6) is 0 Å². The van der Waals surface area contributed by atoms with Gasteiger partial charge in [0.25, 0.3) is 5.69 Å². The number of nitrogens with zero attached hydrogens (tertiary/aromatic N) is 1. The second-order valence-corrected chi connectivity index (χ2v) is 4.29. The minimum absolute atomic E-state index is 0.0144. The number of hydrogen-bond donors (Lipinski definition) is 1. The molecule has 1 N–H and O–H groups in total. The van der Waals surface area contributed by atoms with Crippen molar-refractivity contribution in [2.45, 2.75) is 24.9 Å². The number of ether oxygens (including phenoxy) is 1. The van der Waals surface area contributed by atoms with Gasteiger partial charge in [0.05, 0.1) is 4.92 Å². The third-order valence-electron chi connectivity index (χ3n) is 3.01. The molecule has 2 rings (SSSR count). The quantitative estimate of drug-likeness (QED) is 0.495. The molecule has 0 amide bonds. The Bertz CT molecular complexity index is 469. The number of non-ortho nitro benzene ring substituents is 1. The zero-order valence-electron chi connectivity index (χ0n) is 9.12. The molecule has 1 fully saturated rings. The molecule has 1 aliphatic carbocycles. The molecule has 90 valence electrons. The predicted octanol–water partition coefficient (Wildman–Crippen LogP) is 2.54. The van der Waals surface area contributed by atoms with E-state index in [1.54, 1.807) is 19.1 Å². The summed E-state index contributed by atoms with van der Waals surface area (Å²) in [7, 11) is 0. The molecule has 1 aliphatic rings. The second-order valence-electron chi connectivity index (χ2n) is 4.29. The number of rotatable bonds is 3. The minimum atomic E-state index is -1.29. The monoisotopic (exact) mass is 237 g/mol. The van der Waals surface area contributed by atoms with E-state index in [1.165, 1.54) is 12.1 Å². The van der Waals surface area contributed by atoms with Crippen LogP contribution in [0.15, 0.2) is 24.3 Å². The van der Waals surface area contributed by atoms with Crippen molar-refractivity contribution in [3.63, 3.8) is 0 Å². The smallest absolute Gasteiger partial charge is 0.450 e. The van der Waals surface area contributed by atoms with Gasteiger partial charge in [-0.15, -0.1) is 0 Å². The zero-order chi connectivity index (χ0) is 12.6. The van der Waals surface area contributed by atoms with Crippen molar-refractivity contribution in [3.8, 4) is 0 Å². The zero-order valence-corrected chi connectivity index (χ0v) is 9.12. The van der Waals surface area contributed by atoms with Crippen LogP contribution in [0.1, 0.15) is 24.8 Å². The van der Waals surface area contributed by atoms with E-state index in [4.69, 9.17) is 9.84 Å². The summed E-state index contributed by atoms with van der Waals surface area (Å²) in [5.74, 6) is -0.0144. The molecule has 1 saturated carbocycles. The Kier molecular flexibility index (Phi) is 2.49. The first-order chi connectivity index (χ1) is 7.92. The topological polar surface area (TPSA) is 89.7 Å². The van der Waals surface area contributed by atoms with Gasteiger partial charge in [0.1, 0.15) is 5.60 Å². The summed E-state index contributed by atoms with van der Waals surface area (Å²) in [4.78, 5) is 20.5. The second kappa shape index (κ2) is 3.73. The largest absolute Gasteiger partial charge is 0.506 e. The molecule has 0 saturated heterocycles. The summed E-state index contributed by atoms with van der Waals surface area (Å²) < 4.78 is 4.78. The summed E-state index contributed by atoms with van der Waals surface area (Å²) in [5, 5.41) is 19.0. The average molecular weight is 237 g/mol. The van der Waals surface area contributed by atoms with Crippen LogP contribution >= 0.6 is 0 Å². The van der Waals surface area contributed by atoms with Crippen LogP contribution in [-0.2, 0) is 4.74 Å². The summed E-state index contributed by atoms with van der Waals surface area (Å²) in [6, 6.07) is 6.10. The third-order valence-corrected chi connectivity index (χ3v) is 3.01. The Morgan fingerprint density at radius 2 is 2.12 bits per heavy atom. The molecule has 0 spiro atoms. The molecule has 1 aromatic rings. The lowest BCUT2D eigenvalue weighted by molar-refractivity contribution is -0.384. The van der Waals surface area contributed by atoms with Gasteiger partial charge in [0.2, 0.25) is 0 Å². The molecule has 2 atom stereocenters. The lowest BCUT2D eigenvalue weighted by Crippen LogP contribution is -2.16. The van der Waals surface area contributed by atoms with Crippen molar-refractivity contribution in [1.29, 1.82) is 0 Å². The Morgan fingerprint density at radius 3 is 2.59 bits per heavy atom. The van der Waals surface area contributed by atoms with Crippen molar-refractivity contribution >= 4 is 11.8 Å². The molecule has 0 radical (unpaired) electrons. The molecule has 0 aliphatic heterocycles. The van der Waals surface area contributed by atoms with E-state index < -0.39 is 16.7 Å². The van der Waals surface area contributed by atoms with Crippen LogP contribution in [-0.4, -0.2) is 21.8 Å². The Morgan fingerprint density at radius 1 is 1.53 bits per heavy atom. The van der Waals surface area contributed by atoms with Gasteiger partial charge in [0, 0.05) is 18.1 Å². The summed E-state index contributed by atoms with van der Waals surface area (Å²) in [5.41, 5.74) is 0.191. The highest BCUT2D eigenvalue weighted by Gasteiger charge is 2.54. The van der Waals surface area contributed by atoms with Gasteiger partial charge in [-0.05, 0) is 18.9 Å². The Balaban J connectivity index is 2.11. The number of nitro groups is 1. The normalized spacial score (nSPS) is 26.3. The van der Waals surface area contributed by atoms with Crippen molar-refractivity contribution in [3.05, 3.63) is 39.9 Å². The first kappa shape index (κ1) is 11.4. The van der Waals surface area contributed by atoms with Crippen molar-refractivity contribution in [2.75, 3.05) is 0 Å². The molecule has 6 heteroatoms. The van der Waals surface area contributed by atoms with Crippen LogP contribution in [0, 0.1) is 10.1 Å². The lowest BCUT2D eigenvalue weighted by atomic mass is 10.1. The molecule has 0 heterocycles. The number of nitro benzene ring substituents is 1. The van der Waals surface area contributed by atoms with Gasteiger partial charge < -0.3 is 9.84 Å². The minimum Gasteiger partial charge on any atom is -0.450 e. The lowest BCUT2D eigenvalue weighted by Gasteiger charge is -2.09. The highest BCUT2D eigenvalue weighted by atomic mass is 16.7. The maximum Gasteiger partial charge on any atom is 0.506 e. The molecule has 1 aromatic carbocycles. The van der Waals surface area contributed by atoms with E-state index >= 15 is 0 Å². The molecule has 0 aromatic heterocycles. The Labute approximate surface area is 97.0 Å². The van der Waals surface area contributed by atoms with Gasteiger partial charge in [-0.3, -0.25) is 10.1 Å². The van der Waals surface area contributed by atoms with Crippen molar-refractivity contribution in [2.24, 2.45) is 0 Å². The van der Waals surface area contributed by atoms with E-state index in [0.717, 1.165) is 5.56 Å². The predicted molar refractivity (Wildman–Crippen MR) is 58.0 cm³/mol. The highest BCUT2D eigenvalue weighted by molar-refractivity contribution is 5.59. The van der Waals surface area contributed by atoms with Crippen LogP contribution in [0.2, 0.25) is 0 Å². The van der Waals surface area contributed by atoms with Gasteiger partial charge in [-0.1, -0.05) is 12.1 Å². The number of hydrogen-bond acceptors (Lipinski definition) is 4. The van der Waals surface area contributed by atoms with Gasteiger partial charge in [-0.25, -0.2) is 4.79 Å². The van der Waals surface area contributed by atoms with E-state index in [1.807, 2.05) is 0 Å². The van der Waals surface area contributed by atoms with E-state index in [9.17, 15) is 14.9 Å². The summed E-state index contributed by atoms with van der Waals surface area (Å²) in [6.45, 7) is 1.72. The number of benzene rings is 1. The average Bonchev–Trinajstić information content (AvgIpc) is 2.89. The SMILES string of the molecule is CC1(OC(=O)O)CC1c1ccc([N+](=O)[O-])cc1. The third kappa shape index (κ3) is 2.20. The number of carboxylic acid groups (broad SMARTS) is 1. The Hall–Kier alpha value is -2.11. The van der Waals surface area contributed by atoms with Crippen LogP contribution in [0.25, 0.3) is 0 Å². The van der Waals surface area contributed by atoms with E-state index in [-0.39, 0.29) is 11.6 Å². The molecular weight excluding hydrogens is 226 g/mol. The van der Waals surface area contributed by atoms with Gasteiger partial charge in [-0.2, -0.15) is 0 Å².